The van der Waals surface area contributed by atoms with Gasteiger partial charge in [0.05, 0.1) is 0 Å². The zero-order valence-electron chi connectivity index (χ0n) is 11.3. The molecule has 0 bridgehead atoms. The molecule has 1 heteroatoms. The molecule has 0 rings (SSSR count). The van der Waals surface area contributed by atoms with Gasteiger partial charge in [0.2, 0.25) is 0 Å². The van der Waals surface area contributed by atoms with Gasteiger partial charge in [-0.25, -0.2) is 0 Å². The van der Waals surface area contributed by atoms with Gasteiger partial charge in [-0.1, -0.05) is 59.3 Å². The third-order valence-corrected chi connectivity index (χ3v) is 3.15. The molecule has 0 aromatic carbocycles. The molecule has 0 saturated heterocycles. The van der Waals surface area contributed by atoms with Crippen molar-refractivity contribution in [2.24, 2.45) is 5.92 Å². The van der Waals surface area contributed by atoms with Gasteiger partial charge in [0.15, 0.2) is 0 Å². The highest BCUT2D eigenvalue weighted by molar-refractivity contribution is 4.65. The van der Waals surface area contributed by atoms with Crippen LogP contribution in [0, 0.1) is 5.92 Å². The average molecular weight is 213 g/mol. The fourth-order valence-electron chi connectivity index (χ4n) is 2.02. The van der Waals surface area contributed by atoms with Gasteiger partial charge in [-0.15, -0.1) is 0 Å². The molecule has 0 spiro atoms. The Kier molecular flexibility index (Phi) is 10.4. The predicted octanol–water partition coefficient (Wildman–Crippen LogP) is 4.37. The van der Waals surface area contributed by atoms with Crippen molar-refractivity contribution in [3.05, 3.63) is 0 Å². The summed E-state index contributed by atoms with van der Waals surface area (Å²) >= 11 is 0. The maximum Gasteiger partial charge on any atom is 0.00640 e. The molecule has 0 aliphatic heterocycles. The summed E-state index contributed by atoms with van der Waals surface area (Å²) in [6.45, 7) is 6.91. The van der Waals surface area contributed by atoms with E-state index < -0.39 is 0 Å². The minimum atomic E-state index is 0.764. The first kappa shape index (κ1) is 15.0. The molecular formula is C14H31N. The second kappa shape index (κ2) is 10.5. The van der Waals surface area contributed by atoms with Crippen molar-refractivity contribution in [1.82, 2.24) is 5.32 Å². The molecule has 1 N–H and O–H groups in total. The largest absolute Gasteiger partial charge is 0.317 e. The maximum atomic E-state index is 3.45. The van der Waals surface area contributed by atoms with Crippen molar-refractivity contribution in [2.75, 3.05) is 7.05 Å². The van der Waals surface area contributed by atoms with Crippen LogP contribution in [0.15, 0.2) is 0 Å². The number of rotatable bonds is 10. The second-order valence-electron chi connectivity index (χ2n) is 5.16. The van der Waals surface area contributed by atoms with Crippen molar-refractivity contribution < 1.29 is 0 Å². The fourth-order valence-corrected chi connectivity index (χ4v) is 2.02. The summed E-state index contributed by atoms with van der Waals surface area (Å²) in [6, 6.07) is 0.764. The van der Waals surface area contributed by atoms with E-state index in [1.807, 2.05) is 0 Å². The molecular weight excluding hydrogens is 182 g/mol. The van der Waals surface area contributed by atoms with Gasteiger partial charge in [0.1, 0.15) is 0 Å². The highest BCUT2D eigenvalue weighted by Crippen LogP contribution is 2.13. The predicted molar refractivity (Wildman–Crippen MR) is 70.3 cm³/mol. The molecule has 0 heterocycles. The maximum absolute atomic E-state index is 3.45. The van der Waals surface area contributed by atoms with Crippen molar-refractivity contribution >= 4 is 0 Å². The monoisotopic (exact) mass is 213 g/mol. The van der Waals surface area contributed by atoms with Gasteiger partial charge in [-0.3, -0.25) is 0 Å². The Morgan fingerprint density at radius 2 is 1.53 bits per heavy atom. The van der Waals surface area contributed by atoms with E-state index >= 15 is 0 Å². The number of unbranched alkanes of at least 4 members (excludes halogenated alkanes) is 3. The molecule has 15 heavy (non-hydrogen) atoms. The third-order valence-electron chi connectivity index (χ3n) is 3.15. The summed E-state index contributed by atoms with van der Waals surface area (Å²) in [6.07, 6.45) is 11.1. The Bertz CT molecular complexity index is 121. The molecule has 0 aliphatic carbocycles. The van der Waals surface area contributed by atoms with E-state index in [1.54, 1.807) is 0 Å². The van der Waals surface area contributed by atoms with E-state index in [0.717, 1.165) is 12.0 Å². The Labute approximate surface area is 97.0 Å². The standard InChI is InChI=1S/C14H31N/c1-5-6-7-8-11-14(15-4)12-9-10-13(2)3/h13-15H,5-12H2,1-4H3. The highest BCUT2D eigenvalue weighted by Gasteiger charge is 2.05. The lowest BCUT2D eigenvalue weighted by Gasteiger charge is -2.16. The Morgan fingerprint density at radius 3 is 2.07 bits per heavy atom. The molecule has 1 nitrogen and oxygen atoms in total. The summed E-state index contributed by atoms with van der Waals surface area (Å²) in [5.74, 6) is 0.864. The molecule has 0 aromatic heterocycles. The summed E-state index contributed by atoms with van der Waals surface area (Å²) in [5.41, 5.74) is 0. The van der Waals surface area contributed by atoms with Crippen molar-refractivity contribution in [3.63, 3.8) is 0 Å². The van der Waals surface area contributed by atoms with E-state index in [2.05, 4.69) is 33.1 Å². The molecule has 0 aromatic rings. The van der Waals surface area contributed by atoms with Crippen LogP contribution in [-0.4, -0.2) is 13.1 Å². The molecule has 0 aliphatic rings. The summed E-state index contributed by atoms with van der Waals surface area (Å²) in [5, 5.41) is 3.45. The highest BCUT2D eigenvalue weighted by atomic mass is 14.9. The van der Waals surface area contributed by atoms with Crippen LogP contribution in [0.2, 0.25) is 0 Å². The summed E-state index contributed by atoms with van der Waals surface area (Å²) in [4.78, 5) is 0. The summed E-state index contributed by atoms with van der Waals surface area (Å²) < 4.78 is 0. The lowest BCUT2D eigenvalue weighted by Crippen LogP contribution is -2.25. The van der Waals surface area contributed by atoms with Gasteiger partial charge in [0.25, 0.3) is 0 Å². The topological polar surface area (TPSA) is 12.0 Å². The van der Waals surface area contributed by atoms with Crippen LogP contribution < -0.4 is 5.32 Å². The van der Waals surface area contributed by atoms with E-state index in [4.69, 9.17) is 0 Å². The quantitative estimate of drug-likeness (QED) is 0.531. The third kappa shape index (κ3) is 10.2. The number of hydrogen-bond donors (Lipinski definition) is 1. The zero-order chi connectivity index (χ0) is 11.5. The minimum Gasteiger partial charge on any atom is -0.317 e. The summed E-state index contributed by atoms with van der Waals surface area (Å²) in [7, 11) is 2.11. The van der Waals surface area contributed by atoms with Crippen molar-refractivity contribution in [2.45, 2.75) is 78.2 Å². The van der Waals surface area contributed by atoms with Crippen molar-refractivity contribution in [1.29, 1.82) is 0 Å². The van der Waals surface area contributed by atoms with Gasteiger partial charge < -0.3 is 5.32 Å². The smallest absolute Gasteiger partial charge is 0.00640 e. The first-order valence-electron chi connectivity index (χ1n) is 6.88. The number of nitrogens with one attached hydrogen (secondary N) is 1. The molecule has 0 saturated carbocycles. The molecule has 1 unspecified atom stereocenters. The van der Waals surface area contributed by atoms with Crippen LogP contribution in [0.25, 0.3) is 0 Å². The molecule has 1 atom stereocenters. The van der Waals surface area contributed by atoms with Crippen molar-refractivity contribution in [3.8, 4) is 0 Å². The van der Waals surface area contributed by atoms with Gasteiger partial charge in [-0.05, 0) is 25.8 Å². The fraction of sp³-hybridized carbons (Fsp3) is 1.00. The second-order valence-corrected chi connectivity index (χ2v) is 5.16. The molecule has 0 radical (unpaired) electrons. The Hall–Kier alpha value is -0.0400. The Morgan fingerprint density at radius 1 is 0.867 bits per heavy atom. The van der Waals surface area contributed by atoms with Crippen LogP contribution in [0.3, 0.4) is 0 Å². The lowest BCUT2D eigenvalue weighted by molar-refractivity contribution is 0.425. The minimum absolute atomic E-state index is 0.764. The number of hydrogen-bond acceptors (Lipinski definition) is 1. The zero-order valence-corrected chi connectivity index (χ0v) is 11.3. The lowest BCUT2D eigenvalue weighted by atomic mass is 9.99. The van der Waals surface area contributed by atoms with Crippen LogP contribution in [0.4, 0.5) is 0 Å². The normalized spacial score (nSPS) is 13.4. The molecule has 0 amide bonds. The van der Waals surface area contributed by atoms with Crippen LogP contribution in [0.1, 0.15) is 72.1 Å². The first-order valence-corrected chi connectivity index (χ1v) is 6.88. The molecule has 92 valence electrons. The van der Waals surface area contributed by atoms with E-state index in [9.17, 15) is 0 Å². The van der Waals surface area contributed by atoms with Gasteiger partial charge >= 0.3 is 0 Å². The van der Waals surface area contributed by atoms with Crippen LogP contribution in [0.5, 0.6) is 0 Å². The van der Waals surface area contributed by atoms with Gasteiger partial charge in [-0.2, -0.15) is 0 Å². The first-order chi connectivity index (χ1) is 7.20. The van der Waals surface area contributed by atoms with E-state index in [-0.39, 0.29) is 0 Å². The van der Waals surface area contributed by atoms with Gasteiger partial charge in [0, 0.05) is 6.04 Å². The van der Waals surface area contributed by atoms with E-state index in [1.165, 1.54) is 51.4 Å². The Balaban J connectivity index is 3.38. The van der Waals surface area contributed by atoms with Crippen LogP contribution >= 0.6 is 0 Å². The van der Waals surface area contributed by atoms with E-state index in [0.29, 0.717) is 0 Å². The van der Waals surface area contributed by atoms with Crippen LogP contribution in [-0.2, 0) is 0 Å². The average Bonchev–Trinajstić information content (AvgIpc) is 2.21. The SMILES string of the molecule is CCCCCCC(CCCC(C)C)NC. The molecule has 0 fully saturated rings.